The lowest BCUT2D eigenvalue weighted by atomic mass is 10.1. The van der Waals surface area contributed by atoms with E-state index < -0.39 is 18.0 Å². The Morgan fingerprint density at radius 1 is 1.00 bits per heavy atom. The highest BCUT2D eigenvalue weighted by molar-refractivity contribution is 5.91. The predicted octanol–water partition coefficient (Wildman–Crippen LogP) is -0.569. The zero-order chi connectivity index (χ0) is 16.3. The third-order valence-electron chi connectivity index (χ3n) is 2.14. The van der Waals surface area contributed by atoms with Crippen molar-refractivity contribution in [3.63, 3.8) is 0 Å². The molecule has 5 N–H and O–H groups in total. The number of benzene rings is 1. The van der Waals surface area contributed by atoms with E-state index in [2.05, 4.69) is 4.74 Å². The van der Waals surface area contributed by atoms with Gasteiger partial charge < -0.3 is 30.3 Å². The van der Waals surface area contributed by atoms with E-state index in [0.717, 1.165) is 0 Å². The molecule has 1 unspecified atom stereocenters. The second-order valence-electron chi connectivity index (χ2n) is 3.82. The number of rotatable bonds is 7. The van der Waals surface area contributed by atoms with Crippen molar-refractivity contribution in [2.75, 3.05) is 26.4 Å². The lowest BCUT2D eigenvalue weighted by Crippen LogP contribution is -2.20. The second kappa shape index (κ2) is 10.7. The molecule has 0 fully saturated rings. The van der Waals surface area contributed by atoms with Crippen molar-refractivity contribution in [3.8, 4) is 0 Å². The maximum Gasteiger partial charge on any atom is 0.335 e. The van der Waals surface area contributed by atoms with Crippen molar-refractivity contribution in [3.05, 3.63) is 35.4 Å². The Morgan fingerprint density at radius 2 is 1.43 bits per heavy atom. The van der Waals surface area contributed by atoms with E-state index in [4.69, 9.17) is 25.5 Å². The summed E-state index contributed by atoms with van der Waals surface area (Å²) in [6.45, 7) is -0.0717. The summed E-state index contributed by atoms with van der Waals surface area (Å²) in [5, 5.41) is 42.0. The smallest absolute Gasteiger partial charge is 0.335 e. The second-order valence-corrected chi connectivity index (χ2v) is 3.82. The lowest BCUT2D eigenvalue weighted by molar-refractivity contribution is -0.00361. The molecule has 0 spiro atoms. The lowest BCUT2D eigenvalue weighted by Gasteiger charge is -2.05. The van der Waals surface area contributed by atoms with Gasteiger partial charge in [-0.25, -0.2) is 9.59 Å². The van der Waals surface area contributed by atoms with Crippen LogP contribution in [0.1, 0.15) is 20.7 Å². The summed E-state index contributed by atoms with van der Waals surface area (Å²) in [6, 6.07) is 5.02. The topological polar surface area (TPSA) is 145 Å². The molecular formula is C13H18O8. The minimum Gasteiger partial charge on any atom is -0.478 e. The molecule has 1 aromatic rings. The number of hydrogen-bond donors (Lipinski definition) is 5. The number of aliphatic hydroxyl groups excluding tert-OH is 3. The minimum atomic E-state index is -1.06. The van der Waals surface area contributed by atoms with E-state index in [1.807, 2.05) is 0 Å². The zero-order valence-electron chi connectivity index (χ0n) is 11.2. The zero-order valence-corrected chi connectivity index (χ0v) is 11.2. The van der Waals surface area contributed by atoms with Gasteiger partial charge in [0.05, 0.1) is 37.6 Å². The van der Waals surface area contributed by atoms with Crippen LogP contribution in [0.15, 0.2) is 24.3 Å². The first-order valence-electron chi connectivity index (χ1n) is 5.96. The van der Waals surface area contributed by atoms with Crippen molar-refractivity contribution in [2.45, 2.75) is 6.10 Å². The first-order valence-corrected chi connectivity index (χ1v) is 5.96. The van der Waals surface area contributed by atoms with Gasteiger partial charge in [0.2, 0.25) is 0 Å². The predicted molar refractivity (Wildman–Crippen MR) is 71.4 cm³/mol. The Balaban J connectivity index is 0.000000400. The molecule has 0 radical (unpaired) electrons. The van der Waals surface area contributed by atoms with Gasteiger partial charge in [0.15, 0.2) is 0 Å². The molecule has 0 aliphatic heterocycles. The van der Waals surface area contributed by atoms with Crippen molar-refractivity contribution < 1.29 is 39.9 Å². The number of carboxylic acids is 2. The summed E-state index contributed by atoms with van der Waals surface area (Å²) in [5.41, 5.74) is 0.167. The molecule has 1 atom stereocenters. The van der Waals surface area contributed by atoms with Crippen LogP contribution in [0.3, 0.4) is 0 Å². The summed E-state index contributed by atoms with van der Waals surface area (Å²) in [7, 11) is 0. The van der Waals surface area contributed by atoms with Gasteiger partial charge in [-0.1, -0.05) is 0 Å². The summed E-state index contributed by atoms with van der Waals surface area (Å²) >= 11 is 0. The van der Waals surface area contributed by atoms with Crippen LogP contribution < -0.4 is 0 Å². The molecule has 1 rings (SSSR count). The van der Waals surface area contributed by atoms with Crippen LogP contribution in [0, 0.1) is 0 Å². The average Bonchev–Trinajstić information content (AvgIpc) is 2.48. The number of aliphatic hydroxyl groups is 3. The van der Waals surface area contributed by atoms with Gasteiger partial charge in [0.25, 0.3) is 0 Å². The molecule has 1 aromatic carbocycles. The molecule has 0 amide bonds. The van der Waals surface area contributed by atoms with E-state index >= 15 is 0 Å². The van der Waals surface area contributed by atoms with Crippen LogP contribution in [0.5, 0.6) is 0 Å². The maximum atomic E-state index is 10.3. The molecule has 0 aliphatic carbocycles. The van der Waals surface area contributed by atoms with Crippen LogP contribution in [-0.2, 0) is 4.74 Å². The standard InChI is InChI=1S/C8H6O4.C5H12O4/c9-7(10)5-1-2-6(4-3-5)8(11)12;6-1-2-9-4-5(8)3-7/h1-4H,(H,9,10)(H,11,12);5-8H,1-4H2. The fourth-order valence-electron chi connectivity index (χ4n) is 1.09. The molecule has 21 heavy (non-hydrogen) atoms. The molecule has 118 valence electrons. The van der Waals surface area contributed by atoms with Gasteiger partial charge in [-0.15, -0.1) is 0 Å². The first kappa shape index (κ1) is 19.0. The molecule has 0 aliphatic rings. The number of carboxylic acid groups (broad SMARTS) is 2. The number of carbonyl (C=O) groups is 2. The van der Waals surface area contributed by atoms with Crippen LogP contribution in [0.25, 0.3) is 0 Å². The van der Waals surface area contributed by atoms with E-state index in [-0.39, 0.29) is 37.6 Å². The van der Waals surface area contributed by atoms with Crippen molar-refractivity contribution in [1.82, 2.24) is 0 Å². The van der Waals surface area contributed by atoms with Crippen LogP contribution in [0.4, 0.5) is 0 Å². The Morgan fingerprint density at radius 3 is 1.71 bits per heavy atom. The molecule has 0 saturated heterocycles. The van der Waals surface area contributed by atoms with Gasteiger partial charge >= 0.3 is 11.9 Å². The molecule has 0 bridgehead atoms. The third-order valence-corrected chi connectivity index (χ3v) is 2.14. The SMILES string of the molecule is O=C(O)c1ccc(C(=O)O)cc1.OCCOCC(O)CO. The van der Waals surface area contributed by atoms with Gasteiger partial charge in [0, 0.05) is 0 Å². The normalized spacial score (nSPS) is 11.2. The number of ether oxygens (including phenoxy) is 1. The van der Waals surface area contributed by atoms with Crippen LogP contribution in [-0.4, -0.2) is 70.0 Å². The fourth-order valence-corrected chi connectivity index (χ4v) is 1.09. The highest BCUT2D eigenvalue weighted by atomic mass is 16.5. The first-order chi connectivity index (χ1) is 9.92. The maximum absolute atomic E-state index is 10.3. The highest BCUT2D eigenvalue weighted by Gasteiger charge is 2.04. The Kier molecular flexibility index (Phi) is 9.72. The summed E-state index contributed by atoms with van der Waals surface area (Å²) in [5.74, 6) is -2.13. The molecule has 8 heteroatoms. The molecule has 0 saturated carbocycles. The van der Waals surface area contributed by atoms with E-state index in [1.54, 1.807) is 0 Å². The number of aromatic carboxylic acids is 2. The fraction of sp³-hybridized carbons (Fsp3) is 0.385. The quantitative estimate of drug-likeness (QED) is 0.421. The summed E-state index contributed by atoms with van der Waals surface area (Å²) in [6.07, 6.45) is -0.823. The van der Waals surface area contributed by atoms with Crippen molar-refractivity contribution >= 4 is 11.9 Å². The molecule has 0 heterocycles. The van der Waals surface area contributed by atoms with Crippen molar-refractivity contribution in [1.29, 1.82) is 0 Å². The molecular weight excluding hydrogens is 284 g/mol. The Bertz CT molecular complexity index is 395. The molecule has 8 nitrogen and oxygen atoms in total. The average molecular weight is 302 g/mol. The van der Waals surface area contributed by atoms with E-state index in [9.17, 15) is 9.59 Å². The van der Waals surface area contributed by atoms with Gasteiger partial charge in [-0.05, 0) is 24.3 Å². The summed E-state index contributed by atoms with van der Waals surface area (Å²) in [4.78, 5) is 20.7. The van der Waals surface area contributed by atoms with Gasteiger partial charge in [0.1, 0.15) is 6.10 Å². The van der Waals surface area contributed by atoms with Gasteiger partial charge in [-0.3, -0.25) is 0 Å². The molecule has 0 aromatic heterocycles. The third kappa shape index (κ3) is 8.71. The minimum absolute atomic E-state index is 0.0574. The van der Waals surface area contributed by atoms with E-state index in [0.29, 0.717) is 0 Å². The Labute approximate surface area is 120 Å². The Hall–Kier alpha value is -2.00. The van der Waals surface area contributed by atoms with Crippen LogP contribution >= 0.6 is 0 Å². The van der Waals surface area contributed by atoms with E-state index in [1.165, 1.54) is 24.3 Å². The number of hydrogen-bond acceptors (Lipinski definition) is 6. The van der Waals surface area contributed by atoms with Crippen molar-refractivity contribution in [2.24, 2.45) is 0 Å². The van der Waals surface area contributed by atoms with Gasteiger partial charge in [-0.2, -0.15) is 0 Å². The largest absolute Gasteiger partial charge is 0.478 e. The summed E-state index contributed by atoms with van der Waals surface area (Å²) < 4.78 is 4.68. The monoisotopic (exact) mass is 302 g/mol. The van der Waals surface area contributed by atoms with Crippen LogP contribution in [0.2, 0.25) is 0 Å². The highest BCUT2D eigenvalue weighted by Crippen LogP contribution is 2.03.